The molecule has 34 heavy (non-hydrogen) atoms. The number of aliphatic hydroxyl groups is 1. The van der Waals surface area contributed by atoms with Crippen molar-refractivity contribution in [3.05, 3.63) is 65.1 Å². The van der Waals surface area contributed by atoms with Crippen LogP contribution in [0.15, 0.2) is 54.2 Å². The maximum Gasteiger partial charge on any atom is 0.159 e. The van der Waals surface area contributed by atoms with Crippen molar-refractivity contribution in [2.45, 2.75) is 0 Å². The van der Waals surface area contributed by atoms with Gasteiger partial charge >= 0.3 is 0 Å². The second-order valence-electron chi connectivity index (χ2n) is 8.15. The minimum atomic E-state index is -0.513. The number of aromatic hydroxyl groups is 1. The second-order valence-corrected chi connectivity index (χ2v) is 9.31. The van der Waals surface area contributed by atoms with Crippen molar-refractivity contribution in [1.29, 1.82) is 0 Å². The summed E-state index contributed by atoms with van der Waals surface area (Å²) in [6, 6.07) is 12.4. The van der Waals surface area contributed by atoms with Crippen LogP contribution < -0.4 is 4.90 Å². The summed E-state index contributed by atoms with van der Waals surface area (Å²) >= 11 is 7.86. The number of nitrogens with zero attached hydrogens (tertiary/aromatic N) is 3. The molecule has 4 aromatic rings. The van der Waals surface area contributed by atoms with E-state index >= 15 is 4.39 Å². The van der Waals surface area contributed by atoms with Crippen molar-refractivity contribution in [3.8, 4) is 16.9 Å². The molecule has 0 atom stereocenters. The van der Waals surface area contributed by atoms with Crippen LogP contribution >= 0.6 is 23.1 Å². The molecule has 0 bridgehead atoms. The summed E-state index contributed by atoms with van der Waals surface area (Å²) in [4.78, 5) is 15.1. The largest absolute Gasteiger partial charge is 0.508 e. The quantitative estimate of drug-likeness (QED) is 0.304. The lowest BCUT2D eigenvalue weighted by Crippen LogP contribution is -2.44. The minimum Gasteiger partial charge on any atom is -0.508 e. The van der Waals surface area contributed by atoms with Gasteiger partial charge in [0.1, 0.15) is 22.6 Å². The fourth-order valence-electron chi connectivity index (χ4n) is 4.37. The summed E-state index contributed by atoms with van der Waals surface area (Å²) in [5.41, 5.74) is 1.32. The summed E-state index contributed by atoms with van der Waals surface area (Å²) < 4.78 is 20.2. The third-order valence-electron chi connectivity index (χ3n) is 6.05. The highest BCUT2D eigenvalue weighted by Crippen LogP contribution is 2.43. The van der Waals surface area contributed by atoms with E-state index in [0.717, 1.165) is 15.8 Å². The van der Waals surface area contributed by atoms with Crippen LogP contribution in [0.2, 0.25) is 5.02 Å². The lowest BCUT2D eigenvalue weighted by Gasteiger charge is -2.35. The number of carbonyl (C=O) groups excluding carboxylic acids is 1. The molecule has 0 amide bonds. The van der Waals surface area contributed by atoms with Crippen LogP contribution in [0.5, 0.6) is 5.75 Å². The van der Waals surface area contributed by atoms with Gasteiger partial charge in [0.25, 0.3) is 0 Å². The zero-order valence-corrected chi connectivity index (χ0v) is 19.6. The summed E-state index contributed by atoms with van der Waals surface area (Å²) in [5, 5.41) is 22.7. The van der Waals surface area contributed by atoms with E-state index in [4.69, 9.17) is 11.6 Å². The van der Waals surface area contributed by atoms with Crippen molar-refractivity contribution < 1.29 is 19.4 Å². The highest BCUT2D eigenvalue weighted by Gasteiger charge is 2.24. The van der Waals surface area contributed by atoms with Crippen LogP contribution in [0.25, 0.3) is 32.8 Å². The van der Waals surface area contributed by atoms with Gasteiger partial charge in [0.2, 0.25) is 0 Å². The van der Waals surface area contributed by atoms with Gasteiger partial charge in [-0.05, 0) is 46.1 Å². The third kappa shape index (κ3) is 3.98. The molecule has 9 heteroatoms. The van der Waals surface area contributed by atoms with Crippen LogP contribution in [0, 0.1) is 5.82 Å². The predicted octanol–water partition coefficient (Wildman–Crippen LogP) is 4.81. The third-order valence-corrected chi connectivity index (χ3v) is 7.27. The molecule has 1 fully saturated rings. The van der Waals surface area contributed by atoms with Crippen LogP contribution in [-0.4, -0.2) is 58.6 Å². The van der Waals surface area contributed by atoms with Crippen LogP contribution in [-0.2, 0) is 4.79 Å². The van der Waals surface area contributed by atoms with Gasteiger partial charge in [-0.25, -0.2) is 4.39 Å². The molecule has 6 nitrogen and oxygen atoms in total. The number of phenols is 1. The first-order chi connectivity index (χ1) is 16.5. The Bertz CT molecular complexity index is 1430. The number of carbonyl (C=O) groups is 1. The van der Waals surface area contributed by atoms with E-state index in [1.807, 2.05) is 29.2 Å². The Morgan fingerprint density at radius 1 is 1.15 bits per heavy atom. The Hall–Kier alpha value is -3.20. The molecule has 0 spiro atoms. The van der Waals surface area contributed by atoms with E-state index in [0.29, 0.717) is 49.0 Å². The number of anilines is 1. The van der Waals surface area contributed by atoms with E-state index in [9.17, 15) is 15.0 Å². The number of hydrogen-bond acceptors (Lipinski definition) is 7. The molecule has 0 aliphatic carbocycles. The van der Waals surface area contributed by atoms with E-state index in [1.165, 1.54) is 17.6 Å². The zero-order valence-electron chi connectivity index (χ0n) is 18.0. The molecule has 3 aromatic carbocycles. The second kappa shape index (κ2) is 9.21. The van der Waals surface area contributed by atoms with Gasteiger partial charge in [-0.15, -0.1) is 0 Å². The van der Waals surface area contributed by atoms with E-state index in [-0.39, 0.29) is 28.5 Å². The average Bonchev–Trinajstić information content (AvgIpc) is 3.26. The topological polar surface area (TPSA) is 76.9 Å². The Morgan fingerprint density at radius 2 is 1.91 bits per heavy atom. The van der Waals surface area contributed by atoms with Gasteiger partial charge in [0, 0.05) is 48.9 Å². The Balaban J connectivity index is 1.52. The van der Waals surface area contributed by atoms with E-state index in [2.05, 4.69) is 9.27 Å². The number of rotatable bonds is 5. The number of fused-ring (bicyclic) bond motifs is 2. The lowest BCUT2D eigenvalue weighted by molar-refractivity contribution is -0.105. The zero-order chi connectivity index (χ0) is 23.8. The Morgan fingerprint density at radius 3 is 2.65 bits per heavy atom. The maximum absolute atomic E-state index is 15.8. The molecule has 0 saturated carbocycles. The summed E-state index contributed by atoms with van der Waals surface area (Å²) in [7, 11) is 0. The monoisotopic (exact) mass is 497 g/mol. The molecule has 1 aliphatic heterocycles. The van der Waals surface area contributed by atoms with Gasteiger partial charge < -0.3 is 20.0 Å². The standard InChI is InChI=1S/C25H21ClFN3O3S/c26-21-11-20-24(23(27)22(21)19-10-17(33)9-16-3-1-2-4-18(16)19)28-34-25(20)30-7-5-29(6-8-30)12-15(13-31)14-32/h1-4,9-13,32-33H,5-8,14H2. The number of piperazine rings is 1. The van der Waals surface area contributed by atoms with Crippen molar-refractivity contribution >= 4 is 56.1 Å². The molecule has 174 valence electrons. The molecule has 0 unspecified atom stereocenters. The first-order valence-electron chi connectivity index (χ1n) is 10.8. The Kier molecular flexibility index (Phi) is 6.12. The Labute approximate surface area is 204 Å². The van der Waals surface area contributed by atoms with Crippen LogP contribution in [0.3, 0.4) is 0 Å². The summed E-state index contributed by atoms with van der Waals surface area (Å²) in [5.74, 6) is -0.477. The van der Waals surface area contributed by atoms with Crippen molar-refractivity contribution in [2.24, 2.45) is 0 Å². The fraction of sp³-hybridized carbons (Fsp3) is 0.200. The number of halogens is 2. The SMILES string of the molecule is O=CC(=CN1CCN(c2snc3c(F)c(-c4cc(O)cc5ccccc45)c(Cl)cc23)CC1)CO. The molecular weight excluding hydrogens is 477 g/mol. The number of aliphatic hydroxyl groups excluding tert-OH is 1. The molecular formula is C25H21ClFN3O3S. The lowest BCUT2D eigenvalue weighted by atomic mass is 9.96. The normalized spacial score (nSPS) is 14.9. The molecule has 2 heterocycles. The molecule has 2 N–H and O–H groups in total. The van der Waals surface area contributed by atoms with E-state index in [1.54, 1.807) is 18.3 Å². The van der Waals surface area contributed by atoms with Crippen LogP contribution in [0.1, 0.15) is 0 Å². The maximum atomic E-state index is 15.8. The summed E-state index contributed by atoms with van der Waals surface area (Å²) in [6.07, 6.45) is 2.33. The van der Waals surface area contributed by atoms with Gasteiger partial charge in [0.15, 0.2) is 5.82 Å². The van der Waals surface area contributed by atoms with Crippen molar-refractivity contribution in [2.75, 3.05) is 37.7 Å². The molecule has 1 saturated heterocycles. The molecule has 0 radical (unpaired) electrons. The van der Waals surface area contributed by atoms with Crippen molar-refractivity contribution in [3.63, 3.8) is 0 Å². The number of phenolic OH excluding ortho intramolecular Hbond substituents is 1. The first-order valence-corrected chi connectivity index (χ1v) is 11.9. The van der Waals surface area contributed by atoms with Gasteiger partial charge in [-0.3, -0.25) is 4.79 Å². The smallest absolute Gasteiger partial charge is 0.159 e. The number of hydrogen-bond donors (Lipinski definition) is 2. The number of aromatic nitrogens is 1. The van der Waals surface area contributed by atoms with Gasteiger partial charge in [0.05, 0.1) is 11.6 Å². The summed E-state index contributed by atoms with van der Waals surface area (Å²) in [6.45, 7) is 2.32. The molecule has 1 aliphatic rings. The van der Waals surface area contributed by atoms with Gasteiger partial charge in [-0.2, -0.15) is 4.37 Å². The van der Waals surface area contributed by atoms with Crippen molar-refractivity contribution in [1.82, 2.24) is 9.27 Å². The van der Waals surface area contributed by atoms with Gasteiger partial charge in [-0.1, -0.05) is 35.9 Å². The number of benzene rings is 3. The number of aldehydes is 1. The highest BCUT2D eigenvalue weighted by atomic mass is 35.5. The minimum absolute atomic E-state index is 0.0362. The fourth-order valence-corrected chi connectivity index (χ4v) is 5.57. The molecule has 1 aromatic heterocycles. The highest BCUT2D eigenvalue weighted by molar-refractivity contribution is 7.11. The van der Waals surface area contributed by atoms with E-state index < -0.39 is 5.82 Å². The first kappa shape index (κ1) is 22.6. The molecule has 5 rings (SSSR count). The van der Waals surface area contributed by atoms with Crippen LogP contribution in [0.4, 0.5) is 9.39 Å². The predicted molar refractivity (Wildman–Crippen MR) is 134 cm³/mol. The average molecular weight is 498 g/mol.